The number of benzene rings is 1. The second kappa shape index (κ2) is 6.35. The van der Waals surface area contributed by atoms with Gasteiger partial charge in [0.05, 0.1) is 12.0 Å². The number of carbonyl (C=O) groups is 1. The monoisotopic (exact) mass is 278 g/mol. The first-order chi connectivity index (χ1) is 9.49. The van der Waals surface area contributed by atoms with Gasteiger partial charge in [0, 0.05) is 6.04 Å². The number of hydrogen-bond donors (Lipinski definition) is 2. The third-order valence-electron chi connectivity index (χ3n) is 4.10. The van der Waals surface area contributed by atoms with Crippen LogP contribution >= 0.6 is 0 Å². The number of carbonyl (C=O) groups excluding carboxylic acids is 1. The van der Waals surface area contributed by atoms with Gasteiger partial charge >= 0.3 is 0 Å². The molecule has 3 N–H and O–H groups in total. The largest absolute Gasteiger partial charge is 0.349 e. The number of halogens is 1. The van der Waals surface area contributed by atoms with Crippen molar-refractivity contribution in [1.29, 1.82) is 0 Å². The zero-order chi connectivity index (χ0) is 14.7. The maximum atomic E-state index is 13.0. The maximum Gasteiger partial charge on any atom is 0.225 e. The second-order valence-corrected chi connectivity index (χ2v) is 5.98. The Morgan fingerprint density at radius 1 is 1.30 bits per heavy atom. The molecule has 110 valence electrons. The first kappa shape index (κ1) is 15.0. The van der Waals surface area contributed by atoms with Crippen LogP contribution in [0, 0.1) is 17.7 Å². The third kappa shape index (κ3) is 3.37. The van der Waals surface area contributed by atoms with E-state index in [2.05, 4.69) is 5.32 Å². The van der Waals surface area contributed by atoms with Gasteiger partial charge in [-0.1, -0.05) is 32.4 Å². The van der Waals surface area contributed by atoms with Crippen molar-refractivity contribution in [3.05, 3.63) is 35.6 Å². The number of hydrogen-bond acceptors (Lipinski definition) is 2. The molecule has 4 heteroatoms. The molecular weight excluding hydrogens is 255 g/mol. The van der Waals surface area contributed by atoms with E-state index >= 15 is 0 Å². The predicted molar refractivity (Wildman–Crippen MR) is 77.4 cm³/mol. The summed E-state index contributed by atoms with van der Waals surface area (Å²) in [7, 11) is 0. The van der Waals surface area contributed by atoms with E-state index in [1.807, 2.05) is 13.8 Å². The summed E-state index contributed by atoms with van der Waals surface area (Å²) in [5.41, 5.74) is 6.91. The van der Waals surface area contributed by atoms with Crippen LogP contribution < -0.4 is 11.1 Å². The molecule has 0 aromatic heterocycles. The number of nitrogens with one attached hydrogen (secondary N) is 1. The molecule has 2 rings (SSSR count). The molecule has 0 radical (unpaired) electrons. The van der Waals surface area contributed by atoms with E-state index in [1.54, 1.807) is 12.1 Å². The molecule has 3 unspecified atom stereocenters. The molecule has 0 bridgehead atoms. The van der Waals surface area contributed by atoms with Crippen molar-refractivity contribution in [3.8, 4) is 0 Å². The molecule has 1 aliphatic rings. The van der Waals surface area contributed by atoms with Gasteiger partial charge < -0.3 is 11.1 Å². The standard InChI is InChI=1S/C16H23FN2O/c1-10(2)15(11-6-8-12(17)9-7-11)19-16(20)13-4-3-5-14(13)18/h6-10,13-15H,3-5,18H2,1-2H3,(H,19,20). The van der Waals surface area contributed by atoms with Crippen LogP contribution in [0.1, 0.15) is 44.7 Å². The van der Waals surface area contributed by atoms with Gasteiger partial charge in [0.15, 0.2) is 0 Å². The highest BCUT2D eigenvalue weighted by molar-refractivity contribution is 5.80. The Bertz CT molecular complexity index is 458. The van der Waals surface area contributed by atoms with Gasteiger partial charge in [-0.05, 0) is 36.5 Å². The summed E-state index contributed by atoms with van der Waals surface area (Å²) < 4.78 is 13.0. The minimum Gasteiger partial charge on any atom is -0.349 e. The van der Waals surface area contributed by atoms with Crippen LogP contribution in [-0.2, 0) is 4.79 Å². The number of nitrogens with two attached hydrogens (primary N) is 1. The highest BCUT2D eigenvalue weighted by Gasteiger charge is 2.32. The summed E-state index contributed by atoms with van der Waals surface area (Å²) in [5, 5.41) is 3.08. The Kier molecular flexibility index (Phi) is 4.76. The molecule has 0 heterocycles. The summed E-state index contributed by atoms with van der Waals surface area (Å²) >= 11 is 0. The molecule has 1 aromatic rings. The van der Waals surface area contributed by atoms with Crippen molar-refractivity contribution in [3.63, 3.8) is 0 Å². The zero-order valence-corrected chi connectivity index (χ0v) is 12.1. The quantitative estimate of drug-likeness (QED) is 0.889. The lowest BCUT2D eigenvalue weighted by atomic mass is 9.94. The molecule has 1 amide bonds. The maximum absolute atomic E-state index is 13.0. The Balaban J connectivity index is 2.09. The van der Waals surface area contributed by atoms with Crippen molar-refractivity contribution < 1.29 is 9.18 Å². The van der Waals surface area contributed by atoms with E-state index < -0.39 is 0 Å². The number of amides is 1. The van der Waals surface area contributed by atoms with Gasteiger partial charge in [-0.15, -0.1) is 0 Å². The first-order valence-electron chi connectivity index (χ1n) is 7.30. The summed E-state index contributed by atoms with van der Waals surface area (Å²) in [4.78, 5) is 12.3. The average molecular weight is 278 g/mol. The van der Waals surface area contributed by atoms with E-state index in [0.717, 1.165) is 24.8 Å². The highest BCUT2D eigenvalue weighted by atomic mass is 19.1. The second-order valence-electron chi connectivity index (χ2n) is 5.98. The van der Waals surface area contributed by atoms with Crippen molar-refractivity contribution in [1.82, 2.24) is 5.32 Å². The summed E-state index contributed by atoms with van der Waals surface area (Å²) in [6.07, 6.45) is 2.80. The molecular formula is C16H23FN2O. The third-order valence-corrected chi connectivity index (χ3v) is 4.10. The fraction of sp³-hybridized carbons (Fsp3) is 0.562. The first-order valence-corrected chi connectivity index (χ1v) is 7.30. The molecule has 3 nitrogen and oxygen atoms in total. The fourth-order valence-electron chi connectivity index (χ4n) is 2.88. The molecule has 1 aromatic carbocycles. The van der Waals surface area contributed by atoms with Crippen molar-refractivity contribution >= 4 is 5.91 Å². The molecule has 0 spiro atoms. The summed E-state index contributed by atoms with van der Waals surface area (Å²) in [6.45, 7) is 4.09. The van der Waals surface area contributed by atoms with Crippen LogP contribution in [0.2, 0.25) is 0 Å². The average Bonchev–Trinajstić information content (AvgIpc) is 2.83. The van der Waals surface area contributed by atoms with Crippen LogP contribution in [0.3, 0.4) is 0 Å². The minimum atomic E-state index is -0.264. The van der Waals surface area contributed by atoms with Crippen molar-refractivity contribution in [2.75, 3.05) is 0 Å². The molecule has 20 heavy (non-hydrogen) atoms. The topological polar surface area (TPSA) is 55.1 Å². The molecule has 1 fully saturated rings. The van der Waals surface area contributed by atoms with Crippen LogP contribution in [0.15, 0.2) is 24.3 Å². The fourth-order valence-corrected chi connectivity index (χ4v) is 2.88. The highest BCUT2D eigenvalue weighted by Crippen LogP contribution is 2.27. The SMILES string of the molecule is CC(C)C(NC(=O)C1CCCC1N)c1ccc(F)cc1. The van der Waals surface area contributed by atoms with E-state index in [4.69, 9.17) is 5.73 Å². The van der Waals surface area contributed by atoms with Gasteiger partial charge in [0.25, 0.3) is 0 Å². The Hall–Kier alpha value is -1.42. The van der Waals surface area contributed by atoms with Crippen LogP contribution in [0.25, 0.3) is 0 Å². The smallest absolute Gasteiger partial charge is 0.225 e. The van der Waals surface area contributed by atoms with E-state index in [0.29, 0.717) is 0 Å². The molecule has 0 aliphatic heterocycles. The van der Waals surface area contributed by atoms with Gasteiger partial charge in [-0.2, -0.15) is 0 Å². The van der Waals surface area contributed by atoms with Crippen LogP contribution in [0.4, 0.5) is 4.39 Å². The van der Waals surface area contributed by atoms with Crippen LogP contribution in [-0.4, -0.2) is 11.9 Å². The van der Waals surface area contributed by atoms with Gasteiger partial charge in [-0.3, -0.25) is 4.79 Å². The normalized spacial score (nSPS) is 23.9. The van der Waals surface area contributed by atoms with Gasteiger partial charge in [0.1, 0.15) is 5.82 Å². The van der Waals surface area contributed by atoms with Crippen LogP contribution in [0.5, 0.6) is 0 Å². The van der Waals surface area contributed by atoms with Gasteiger partial charge in [-0.25, -0.2) is 4.39 Å². The van der Waals surface area contributed by atoms with Crippen molar-refractivity contribution in [2.24, 2.45) is 17.6 Å². The molecule has 3 atom stereocenters. The van der Waals surface area contributed by atoms with Crippen molar-refractivity contribution in [2.45, 2.75) is 45.2 Å². The molecule has 1 saturated carbocycles. The summed E-state index contributed by atoms with van der Waals surface area (Å²) in [6, 6.07) is 6.19. The molecule has 0 saturated heterocycles. The lowest BCUT2D eigenvalue weighted by Crippen LogP contribution is -2.41. The van der Waals surface area contributed by atoms with Gasteiger partial charge in [0.2, 0.25) is 5.91 Å². The van der Waals surface area contributed by atoms with E-state index in [9.17, 15) is 9.18 Å². The Morgan fingerprint density at radius 2 is 1.95 bits per heavy atom. The lowest BCUT2D eigenvalue weighted by molar-refractivity contribution is -0.126. The molecule has 1 aliphatic carbocycles. The Labute approximate surface area is 119 Å². The zero-order valence-electron chi connectivity index (χ0n) is 12.1. The van der Waals surface area contributed by atoms with E-state index in [1.165, 1.54) is 12.1 Å². The minimum absolute atomic E-state index is 0.0259. The number of rotatable bonds is 4. The van der Waals surface area contributed by atoms with E-state index in [-0.39, 0.29) is 35.6 Å². The predicted octanol–water partition coefficient (Wildman–Crippen LogP) is 2.77. The lowest BCUT2D eigenvalue weighted by Gasteiger charge is -2.25. The Morgan fingerprint density at radius 3 is 2.45 bits per heavy atom. The summed E-state index contributed by atoms with van der Waals surface area (Å²) in [5.74, 6) is -0.0860.